The molecule has 2 N–H and O–H groups in total. The van der Waals surface area contributed by atoms with Crippen molar-refractivity contribution in [2.24, 2.45) is 0 Å². The topological polar surface area (TPSA) is 93.2 Å². The fourth-order valence-electron chi connectivity index (χ4n) is 1.89. The van der Waals surface area contributed by atoms with Crippen molar-refractivity contribution in [2.75, 3.05) is 12.4 Å². The molecule has 0 aliphatic heterocycles. The van der Waals surface area contributed by atoms with Gasteiger partial charge in [0.25, 0.3) is 5.91 Å². The van der Waals surface area contributed by atoms with Gasteiger partial charge in [-0.05, 0) is 31.5 Å². The van der Waals surface area contributed by atoms with Crippen molar-refractivity contribution in [1.82, 2.24) is 15.3 Å². The average molecular weight is 328 g/mol. The lowest BCUT2D eigenvalue weighted by molar-refractivity contribution is 0.0600. The summed E-state index contributed by atoms with van der Waals surface area (Å²) in [7, 11) is 1.33. The molecule has 0 fully saturated rings. The summed E-state index contributed by atoms with van der Waals surface area (Å²) in [5.74, 6) is -0.294. The van der Waals surface area contributed by atoms with Crippen LogP contribution in [0.1, 0.15) is 41.0 Å². The maximum Gasteiger partial charge on any atom is 0.337 e. The van der Waals surface area contributed by atoms with Crippen LogP contribution >= 0.6 is 0 Å². The lowest BCUT2D eigenvalue weighted by Crippen LogP contribution is -2.32. The molecule has 1 unspecified atom stereocenters. The Hall–Kier alpha value is -2.96. The SMILES string of the molecule is CCC(C)NC(=O)c1cnc(Nc2cccc(C(=O)OC)c2)nc1. The van der Waals surface area contributed by atoms with E-state index in [4.69, 9.17) is 0 Å². The number of rotatable bonds is 6. The van der Waals surface area contributed by atoms with Gasteiger partial charge in [0.05, 0.1) is 18.2 Å². The molecule has 1 aromatic carbocycles. The van der Waals surface area contributed by atoms with E-state index in [1.54, 1.807) is 24.3 Å². The molecule has 1 aromatic heterocycles. The molecule has 1 atom stereocenters. The first-order valence-corrected chi connectivity index (χ1v) is 7.61. The number of carbonyl (C=O) groups excluding carboxylic acids is 2. The van der Waals surface area contributed by atoms with Crippen LogP contribution in [-0.4, -0.2) is 35.0 Å². The molecule has 0 saturated carbocycles. The number of ether oxygens (including phenoxy) is 1. The first kappa shape index (κ1) is 17.4. The Bertz CT molecular complexity index is 716. The molecule has 1 amide bonds. The van der Waals surface area contributed by atoms with E-state index in [2.05, 4.69) is 25.3 Å². The molecule has 0 aliphatic rings. The third kappa shape index (κ3) is 4.52. The van der Waals surface area contributed by atoms with Gasteiger partial charge in [-0.15, -0.1) is 0 Å². The molecule has 0 saturated heterocycles. The predicted octanol–water partition coefficient (Wildman–Crippen LogP) is 2.54. The maximum absolute atomic E-state index is 12.0. The van der Waals surface area contributed by atoms with E-state index < -0.39 is 5.97 Å². The van der Waals surface area contributed by atoms with Crippen LogP contribution in [0.2, 0.25) is 0 Å². The zero-order valence-electron chi connectivity index (χ0n) is 13.9. The number of methoxy groups -OCH3 is 1. The van der Waals surface area contributed by atoms with E-state index in [-0.39, 0.29) is 11.9 Å². The first-order valence-electron chi connectivity index (χ1n) is 7.61. The molecule has 0 radical (unpaired) electrons. The molecule has 0 aliphatic carbocycles. The number of nitrogens with zero attached hydrogens (tertiary/aromatic N) is 2. The van der Waals surface area contributed by atoms with Gasteiger partial charge in [0, 0.05) is 24.1 Å². The Morgan fingerprint density at radius 3 is 2.54 bits per heavy atom. The van der Waals surface area contributed by atoms with Gasteiger partial charge in [0.2, 0.25) is 5.95 Å². The predicted molar refractivity (Wildman–Crippen MR) is 90.3 cm³/mol. The molecule has 7 nitrogen and oxygen atoms in total. The quantitative estimate of drug-likeness (QED) is 0.792. The molecular weight excluding hydrogens is 308 g/mol. The van der Waals surface area contributed by atoms with Crippen molar-refractivity contribution < 1.29 is 14.3 Å². The minimum Gasteiger partial charge on any atom is -0.465 e. The van der Waals surface area contributed by atoms with Crippen molar-refractivity contribution >= 4 is 23.5 Å². The van der Waals surface area contributed by atoms with Crippen molar-refractivity contribution in [3.8, 4) is 0 Å². The third-order valence-corrected chi connectivity index (χ3v) is 3.44. The number of esters is 1. The van der Waals surface area contributed by atoms with Gasteiger partial charge >= 0.3 is 5.97 Å². The van der Waals surface area contributed by atoms with Crippen LogP contribution in [0.25, 0.3) is 0 Å². The second-order valence-corrected chi connectivity index (χ2v) is 5.28. The Labute approximate surface area is 140 Å². The molecule has 0 spiro atoms. The molecule has 0 bridgehead atoms. The standard InChI is InChI=1S/C17H20N4O3/c1-4-11(2)20-15(22)13-9-18-17(19-10-13)21-14-7-5-6-12(8-14)16(23)24-3/h5-11H,4H2,1-3H3,(H,20,22)(H,18,19,21). The number of anilines is 2. The van der Waals surface area contributed by atoms with Crippen molar-refractivity contribution in [3.63, 3.8) is 0 Å². The summed E-state index contributed by atoms with van der Waals surface area (Å²) < 4.78 is 4.68. The Morgan fingerprint density at radius 2 is 1.92 bits per heavy atom. The van der Waals surface area contributed by atoms with Crippen LogP contribution in [-0.2, 0) is 4.74 Å². The van der Waals surface area contributed by atoms with E-state index in [0.717, 1.165) is 6.42 Å². The summed E-state index contributed by atoms with van der Waals surface area (Å²) in [6, 6.07) is 6.89. The minimum atomic E-state index is -0.420. The molecule has 1 heterocycles. The summed E-state index contributed by atoms with van der Waals surface area (Å²) >= 11 is 0. The van der Waals surface area contributed by atoms with E-state index in [1.807, 2.05) is 13.8 Å². The summed E-state index contributed by atoms with van der Waals surface area (Å²) in [6.07, 6.45) is 3.76. The van der Waals surface area contributed by atoms with Gasteiger partial charge in [0.15, 0.2) is 0 Å². The van der Waals surface area contributed by atoms with Gasteiger partial charge in [-0.1, -0.05) is 13.0 Å². The molecular formula is C17H20N4O3. The number of nitrogens with one attached hydrogen (secondary N) is 2. The maximum atomic E-state index is 12.0. The van der Waals surface area contributed by atoms with Crippen LogP contribution < -0.4 is 10.6 Å². The summed E-state index contributed by atoms with van der Waals surface area (Å²) in [5, 5.41) is 5.83. The fourth-order valence-corrected chi connectivity index (χ4v) is 1.89. The zero-order valence-corrected chi connectivity index (χ0v) is 13.9. The number of aromatic nitrogens is 2. The molecule has 7 heteroatoms. The van der Waals surface area contributed by atoms with Crippen LogP contribution in [0.15, 0.2) is 36.7 Å². The van der Waals surface area contributed by atoms with Crippen LogP contribution in [0, 0.1) is 0 Å². The Morgan fingerprint density at radius 1 is 1.21 bits per heavy atom. The van der Waals surface area contributed by atoms with Crippen LogP contribution in [0.3, 0.4) is 0 Å². The highest BCUT2D eigenvalue weighted by molar-refractivity contribution is 5.94. The molecule has 24 heavy (non-hydrogen) atoms. The third-order valence-electron chi connectivity index (χ3n) is 3.44. The number of benzene rings is 1. The summed E-state index contributed by atoms with van der Waals surface area (Å²) in [4.78, 5) is 31.7. The van der Waals surface area contributed by atoms with E-state index >= 15 is 0 Å². The van der Waals surface area contributed by atoms with E-state index in [9.17, 15) is 9.59 Å². The van der Waals surface area contributed by atoms with Gasteiger partial charge in [-0.25, -0.2) is 14.8 Å². The van der Waals surface area contributed by atoms with Crippen molar-refractivity contribution in [3.05, 3.63) is 47.8 Å². The van der Waals surface area contributed by atoms with E-state index in [1.165, 1.54) is 19.5 Å². The van der Waals surface area contributed by atoms with Crippen LogP contribution in [0.5, 0.6) is 0 Å². The molecule has 2 aromatic rings. The Balaban J connectivity index is 2.06. The second kappa shape index (κ2) is 8.05. The van der Waals surface area contributed by atoms with Gasteiger partial charge in [-0.3, -0.25) is 4.79 Å². The monoisotopic (exact) mass is 328 g/mol. The second-order valence-electron chi connectivity index (χ2n) is 5.28. The Kier molecular flexibility index (Phi) is 5.83. The first-order chi connectivity index (χ1) is 11.5. The van der Waals surface area contributed by atoms with Gasteiger partial charge in [-0.2, -0.15) is 0 Å². The summed E-state index contributed by atoms with van der Waals surface area (Å²) in [5.41, 5.74) is 1.46. The van der Waals surface area contributed by atoms with Gasteiger partial charge < -0.3 is 15.4 Å². The zero-order chi connectivity index (χ0) is 17.5. The van der Waals surface area contributed by atoms with Crippen LogP contribution in [0.4, 0.5) is 11.6 Å². The number of hydrogen-bond donors (Lipinski definition) is 2. The normalized spacial score (nSPS) is 11.5. The van der Waals surface area contributed by atoms with E-state index in [0.29, 0.717) is 22.8 Å². The van der Waals surface area contributed by atoms with Crippen molar-refractivity contribution in [2.45, 2.75) is 26.3 Å². The van der Waals surface area contributed by atoms with Gasteiger partial charge in [0.1, 0.15) is 0 Å². The lowest BCUT2D eigenvalue weighted by Gasteiger charge is -2.11. The number of hydrogen-bond acceptors (Lipinski definition) is 6. The largest absolute Gasteiger partial charge is 0.465 e. The highest BCUT2D eigenvalue weighted by Crippen LogP contribution is 2.15. The minimum absolute atomic E-state index is 0.0939. The number of carbonyl (C=O) groups is 2. The molecule has 2 rings (SSSR count). The highest BCUT2D eigenvalue weighted by Gasteiger charge is 2.10. The summed E-state index contributed by atoms with van der Waals surface area (Å²) in [6.45, 7) is 3.93. The smallest absolute Gasteiger partial charge is 0.337 e. The lowest BCUT2D eigenvalue weighted by atomic mass is 10.2. The fraction of sp³-hybridized carbons (Fsp3) is 0.294. The highest BCUT2D eigenvalue weighted by atomic mass is 16.5. The number of amides is 1. The molecule has 126 valence electrons. The van der Waals surface area contributed by atoms with Crippen molar-refractivity contribution in [1.29, 1.82) is 0 Å². The average Bonchev–Trinajstić information content (AvgIpc) is 2.61.